The average molecular weight is 331 g/mol. The normalized spacial score (nSPS) is 15.8. The van der Waals surface area contributed by atoms with Crippen molar-refractivity contribution < 1.29 is 4.74 Å². The molecule has 1 aliphatic carbocycles. The van der Waals surface area contributed by atoms with Gasteiger partial charge in [-0.3, -0.25) is 0 Å². The minimum atomic E-state index is 0.414. The zero-order valence-electron chi connectivity index (χ0n) is 11.5. The van der Waals surface area contributed by atoms with E-state index in [1.54, 1.807) is 0 Å². The Hall–Kier alpha value is -1.28. The molecule has 1 unspecified atom stereocenters. The number of rotatable bonds is 6. The number of aryl methyl sites for hydroxylation is 1. The summed E-state index contributed by atoms with van der Waals surface area (Å²) in [4.78, 5) is 0.414. The van der Waals surface area contributed by atoms with Crippen LogP contribution in [0.25, 0.3) is 0 Å². The number of benzene rings is 2. The van der Waals surface area contributed by atoms with E-state index in [0.717, 1.165) is 18.6 Å². The van der Waals surface area contributed by atoms with E-state index in [-0.39, 0.29) is 0 Å². The van der Waals surface area contributed by atoms with Gasteiger partial charge >= 0.3 is 0 Å². The summed E-state index contributed by atoms with van der Waals surface area (Å²) in [6.45, 7) is 0. The van der Waals surface area contributed by atoms with Gasteiger partial charge in [-0.05, 0) is 48.9 Å². The van der Waals surface area contributed by atoms with E-state index in [9.17, 15) is 0 Å². The Labute approximate surface area is 129 Å². The molecule has 2 heteroatoms. The fourth-order valence-electron chi connectivity index (χ4n) is 2.27. The molecule has 0 aromatic heterocycles. The molecule has 1 aliphatic rings. The van der Waals surface area contributed by atoms with Gasteiger partial charge in [-0.2, -0.15) is 0 Å². The largest absolute Gasteiger partial charge is 0.490 e. The summed E-state index contributed by atoms with van der Waals surface area (Å²) in [5.41, 5.74) is 2.70. The van der Waals surface area contributed by atoms with E-state index >= 15 is 0 Å². The Morgan fingerprint density at radius 1 is 1.05 bits per heavy atom. The molecule has 1 nitrogen and oxygen atoms in total. The minimum Gasteiger partial charge on any atom is -0.490 e. The molecule has 20 heavy (non-hydrogen) atoms. The van der Waals surface area contributed by atoms with Gasteiger partial charge in [0.2, 0.25) is 0 Å². The predicted octanol–water partition coefficient (Wildman–Crippen LogP) is 5.30. The van der Waals surface area contributed by atoms with Crippen LogP contribution < -0.4 is 4.74 Å². The van der Waals surface area contributed by atoms with Crippen LogP contribution in [0.4, 0.5) is 0 Å². The van der Waals surface area contributed by atoms with Gasteiger partial charge in [0.15, 0.2) is 0 Å². The van der Waals surface area contributed by atoms with Crippen LogP contribution in [0.2, 0.25) is 0 Å². The number of hydrogen-bond donors (Lipinski definition) is 0. The van der Waals surface area contributed by atoms with Gasteiger partial charge in [-0.15, -0.1) is 0 Å². The van der Waals surface area contributed by atoms with E-state index < -0.39 is 0 Å². The van der Waals surface area contributed by atoms with Crippen molar-refractivity contribution in [1.29, 1.82) is 0 Å². The first-order chi connectivity index (χ1) is 9.81. The highest BCUT2D eigenvalue weighted by Gasteiger charge is 2.23. The van der Waals surface area contributed by atoms with Crippen LogP contribution >= 0.6 is 15.9 Å². The second kappa shape index (κ2) is 6.45. The lowest BCUT2D eigenvalue weighted by Crippen LogP contribution is -1.97. The van der Waals surface area contributed by atoms with Crippen molar-refractivity contribution in [2.75, 3.05) is 0 Å². The highest BCUT2D eigenvalue weighted by molar-refractivity contribution is 9.09. The molecule has 0 aliphatic heterocycles. The van der Waals surface area contributed by atoms with Gasteiger partial charge < -0.3 is 4.74 Å². The first kappa shape index (κ1) is 13.7. The lowest BCUT2D eigenvalue weighted by Gasteiger charge is -2.11. The highest BCUT2D eigenvalue weighted by Crippen LogP contribution is 2.30. The number of hydrogen-bond acceptors (Lipinski definition) is 1. The fourth-order valence-corrected chi connectivity index (χ4v) is 2.81. The summed E-state index contributed by atoms with van der Waals surface area (Å²) in [6, 6.07) is 19.1. The molecular weight excluding hydrogens is 312 g/mol. The summed E-state index contributed by atoms with van der Waals surface area (Å²) >= 11 is 3.78. The zero-order chi connectivity index (χ0) is 13.8. The molecule has 104 valence electrons. The first-order valence-corrected chi connectivity index (χ1v) is 8.17. The Kier molecular flexibility index (Phi) is 4.41. The molecule has 1 atom stereocenters. The van der Waals surface area contributed by atoms with Gasteiger partial charge in [0, 0.05) is 4.83 Å². The quantitative estimate of drug-likeness (QED) is 0.653. The second-order valence-corrected chi connectivity index (χ2v) is 6.49. The molecule has 2 aromatic carbocycles. The molecule has 0 heterocycles. The predicted molar refractivity (Wildman–Crippen MR) is 86.5 cm³/mol. The fraction of sp³-hybridized carbons (Fsp3) is 0.333. The minimum absolute atomic E-state index is 0.414. The highest BCUT2D eigenvalue weighted by atomic mass is 79.9. The molecular formula is C18H19BrO. The van der Waals surface area contributed by atoms with Crippen molar-refractivity contribution >= 4 is 15.9 Å². The smallest absolute Gasteiger partial charge is 0.119 e. The Morgan fingerprint density at radius 2 is 1.85 bits per heavy atom. The molecule has 0 spiro atoms. The number of alkyl halides is 1. The Bertz CT molecular complexity index is 548. The van der Waals surface area contributed by atoms with Crippen LogP contribution in [0, 0.1) is 0 Å². The maximum atomic E-state index is 5.85. The summed E-state index contributed by atoms with van der Waals surface area (Å²) in [5.74, 6) is 1.02. The molecule has 0 N–H and O–H groups in total. The zero-order valence-corrected chi connectivity index (χ0v) is 13.1. The van der Waals surface area contributed by atoms with Crippen molar-refractivity contribution in [3.05, 3.63) is 65.7 Å². The third kappa shape index (κ3) is 3.86. The molecule has 3 rings (SSSR count). The van der Waals surface area contributed by atoms with Crippen LogP contribution in [0.15, 0.2) is 54.6 Å². The lowest BCUT2D eigenvalue weighted by atomic mass is 10.0. The van der Waals surface area contributed by atoms with Crippen LogP contribution in [-0.2, 0) is 6.42 Å². The lowest BCUT2D eigenvalue weighted by molar-refractivity contribution is 0.303. The monoisotopic (exact) mass is 330 g/mol. The Morgan fingerprint density at radius 3 is 2.60 bits per heavy atom. The maximum absolute atomic E-state index is 5.85. The molecule has 0 bridgehead atoms. The van der Waals surface area contributed by atoms with Gasteiger partial charge in [0.1, 0.15) is 5.75 Å². The molecule has 0 saturated heterocycles. The SMILES string of the molecule is BrC(CCc1cccc(OC2CC2)c1)c1ccccc1. The van der Waals surface area contributed by atoms with Crippen molar-refractivity contribution in [2.45, 2.75) is 36.6 Å². The summed E-state index contributed by atoms with van der Waals surface area (Å²) in [7, 11) is 0. The van der Waals surface area contributed by atoms with E-state index in [4.69, 9.17) is 4.74 Å². The van der Waals surface area contributed by atoms with Gasteiger partial charge in [0.05, 0.1) is 6.10 Å². The Balaban J connectivity index is 1.57. The van der Waals surface area contributed by atoms with Crippen molar-refractivity contribution in [3.63, 3.8) is 0 Å². The van der Waals surface area contributed by atoms with Crippen LogP contribution in [0.3, 0.4) is 0 Å². The van der Waals surface area contributed by atoms with Crippen LogP contribution in [0.5, 0.6) is 5.75 Å². The summed E-state index contributed by atoms with van der Waals surface area (Å²) < 4.78 is 5.85. The average Bonchev–Trinajstić information content (AvgIpc) is 3.30. The molecule has 2 aromatic rings. The summed E-state index contributed by atoms with van der Waals surface area (Å²) in [5, 5.41) is 0. The van der Waals surface area contributed by atoms with E-state index in [0.29, 0.717) is 10.9 Å². The second-order valence-electron chi connectivity index (χ2n) is 5.38. The third-order valence-electron chi connectivity index (χ3n) is 3.57. The number of halogens is 1. The molecule has 1 fully saturated rings. The van der Waals surface area contributed by atoms with Crippen molar-refractivity contribution in [2.24, 2.45) is 0 Å². The van der Waals surface area contributed by atoms with Crippen LogP contribution in [0.1, 0.15) is 35.2 Å². The molecule has 0 radical (unpaired) electrons. The van der Waals surface area contributed by atoms with Gasteiger partial charge in [-0.1, -0.05) is 58.4 Å². The summed E-state index contributed by atoms with van der Waals surface area (Å²) in [6.07, 6.45) is 5.05. The van der Waals surface area contributed by atoms with E-state index in [2.05, 4.69) is 70.5 Å². The molecule has 0 amide bonds. The molecule has 1 saturated carbocycles. The third-order valence-corrected chi connectivity index (χ3v) is 4.56. The van der Waals surface area contributed by atoms with Crippen molar-refractivity contribution in [3.8, 4) is 5.75 Å². The van der Waals surface area contributed by atoms with E-state index in [1.165, 1.54) is 24.0 Å². The van der Waals surface area contributed by atoms with Crippen LogP contribution in [-0.4, -0.2) is 6.10 Å². The topological polar surface area (TPSA) is 9.23 Å². The van der Waals surface area contributed by atoms with Gasteiger partial charge in [0.25, 0.3) is 0 Å². The standard InChI is InChI=1S/C18H19BrO/c19-18(15-6-2-1-3-7-15)12-9-14-5-4-8-17(13-14)20-16-10-11-16/h1-8,13,16,18H,9-12H2. The van der Waals surface area contributed by atoms with E-state index in [1.807, 2.05) is 0 Å². The number of ether oxygens (including phenoxy) is 1. The van der Waals surface area contributed by atoms with Gasteiger partial charge in [-0.25, -0.2) is 0 Å². The van der Waals surface area contributed by atoms with Crippen molar-refractivity contribution in [1.82, 2.24) is 0 Å². The first-order valence-electron chi connectivity index (χ1n) is 7.26. The maximum Gasteiger partial charge on any atom is 0.119 e.